The predicted molar refractivity (Wildman–Crippen MR) is 191 cm³/mol. The highest BCUT2D eigenvalue weighted by molar-refractivity contribution is 6.76. The molecule has 1 aromatic rings. The fourth-order valence-corrected chi connectivity index (χ4v) is 5.88. The van der Waals surface area contributed by atoms with Crippen LogP contribution in [0.1, 0.15) is 122 Å². The number of unbranched alkanes of at least 4 members (excludes halogenated alkanes) is 13. The number of nitrogens with one attached hydrogen (secondary N) is 1. The summed E-state index contributed by atoms with van der Waals surface area (Å²) in [6, 6.07) is 9.52. The first kappa shape index (κ1) is 42.6. The van der Waals surface area contributed by atoms with Gasteiger partial charge in [0.05, 0.1) is 7.11 Å². The van der Waals surface area contributed by atoms with Gasteiger partial charge in [-0.1, -0.05) is 134 Å². The molecular formula is C37H66N2O7Si. The van der Waals surface area contributed by atoms with E-state index >= 15 is 0 Å². The Labute approximate surface area is 286 Å². The van der Waals surface area contributed by atoms with E-state index in [1.165, 1.54) is 76.4 Å². The van der Waals surface area contributed by atoms with Gasteiger partial charge in [0.2, 0.25) is 5.91 Å². The molecule has 0 aliphatic rings. The first-order valence-electron chi connectivity index (χ1n) is 18.2. The number of hydrogen-bond acceptors (Lipinski definition) is 7. The van der Waals surface area contributed by atoms with Crippen molar-refractivity contribution in [2.45, 2.75) is 154 Å². The van der Waals surface area contributed by atoms with Gasteiger partial charge in [0.1, 0.15) is 12.6 Å². The number of benzene rings is 1. The number of carbonyl (C=O) groups is 3. The van der Waals surface area contributed by atoms with E-state index < -0.39 is 26.2 Å². The lowest BCUT2D eigenvalue weighted by atomic mass is 10.0. The zero-order chi connectivity index (χ0) is 34.6. The number of nitrogens with zero attached hydrogens (tertiary/aromatic N) is 1. The molecule has 270 valence electrons. The molecular weight excluding hydrogens is 613 g/mol. The van der Waals surface area contributed by atoms with Crippen LogP contribution in [0.3, 0.4) is 0 Å². The summed E-state index contributed by atoms with van der Waals surface area (Å²) in [6.07, 6.45) is 17.6. The Bertz CT molecular complexity index is 942. The van der Waals surface area contributed by atoms with Crippen molar-refractivity contribution in [2.75, 3.05) is 27.1 Å². The summed E-state index contributed by atoms with van der Waals surface area (Å²) >= 11 is 0. The van der Waals surface area contributed by atoms with Crippen LogP contribution < -0.4 is 5.32 Å². The van der Waals surface area contributed by atoms with Crippen molar-refractivity contribution < 1.29 is 33.4 Å². The fourth-order valence-electron chi connectivity index (χ4n) is 5.12. The van der Waals surface area contributed by atoms with Crippen molar-refractivity contribution in [3.63, 3.8) is 0 Å². The van der Waals surface area contributed by atoms with Crippen LogP contribution in [0.2, 0.25) is 25.7 Å². The van der Waals surface area contributed by atoms with Crippen LogP contribution in [0, 0.1) is 0 Å². The topological polar surface area (TPSA) is 103 Å². The van der Waals surface area contributed by atoms with Crippen LogP contribution in [0.15, 0.2) is 30.3 Å². The summed E-state index contributed by atoms with van der Waals surface area (Å²) in [5.74, 6) is -0.585. The lowest BCUT2D eigenvalue weighted by Crippen LogP contribution is -2.42. The van der Waals surface area contributed by atoms with Gasteiger partial charge < -0.3 is 19.5 Å². The Morgan fingerprint density at radius 3 is 1.98 bits per heavy atom. The molecule has 1 aromatic carbocycles. The minimum absolute atomic E-state index is 0.0361. The molecule has 1 N–H and O–H groups in total. The lowest BCUT2D eigenvalue weighted by Gasteiger charge is -2.23. The van der Waals surface area contributed by atoms with E-state index in [1.54, 1.807) is 0 Å². The van der Waals surface area contributed by atoms with Gasteiger partial charge in [-0.25, -0.2) is 19.5 Å². The van der Waals surface area contributed by atoms with Crippen molar-refractivity contribution in [1.29, 1.82) is 0 Å². The maximum Gasteiger partial charge on any atom is 0.408 e. The summed E-state index contributed by atoms with van der Waals surface area (Å²) in [7, 11) is 0.0678. The summed E-state index contributed by atoms with van der Waals surface area (Å²) < 4.78 is 15.9. The van der Waals surface area contributed by atoms with E-state index in [4.69, 9.17) is 19.0 Å². The van der Waals surface area contributed by atoms with Gasteiger partial charge in [0, 0.05) is 27.6 Å². The summed E-state index contributed by atoms with van der Waals surface area (Å²) in [4.78, 5) is 43.6. The quantitative estimate of drug-likeness (QED) is 0.0296. The monoisotopic (exact) mass is 678 g/mol. The molecule has 10 heteroatoms. The van der Waals surface area contributed by atoms with Gasteiger partial charge in [0.25, 0.3) is 0 Å². The molecule has 0 radical (unpaired) electrons. The van der Waals surface area contributed by atoms with Crippen LogP contribution in [0.5, 0.6) is 0 Å². The van der Waals surface area contributed by atoms with Gasteiger partial charge in [-0.15, -0.1) is 0 Å². The molecule has 1 atom stereocenters. The Hall–Kier alpha value is -2.43. The smallest absolute Gasteiger partial charge is 0.408 e. The van der Waals surface area contributed by atoms with Crippen LogP contribution in [0.4, 0.5) is 4.79 Å². The Morgan fingerprint density at radius 2 is 1.40 bits per heavy atom. The third-order valence-corrected chi connectivity index (χ3v) is 9.86. The van der Waals surface area contributed by atoms with E-state index in [2.05, 4.69) is 31.9 Å². The van der Waals surface area contributed by atoms with Crippen molar-refractivity contribution >= 4 is 26.0 Å². The fraction of sp³-hybridized carbons (Fsp3) is 0.757. The average Bonchev–Trinajstić information content (AvgIpc) is 3.05. The Morgan fingerprint density at radius 1 is 0.809 bits per heavy atom. The average molecular weight is 679 g/mol. The largest absolute Gasteiger partial charge is 0.467 e. The highest BCUT2D eigenvalue weighted by Gasteiger charge is 2.23. The number of esters is 1. The number of carbonyl (C=O) groups excluding carboxylic acids is 3. The van der Waals surface area contributed by atoms with Gasteiger partial charge >= 0.3 is 12.1 Å². The van der Waals surface area contributed by atoms with Gasteiger partial charge in [0.15, 0.2) is 6.79 Å². The normalized spacial score (nSPS) is 12.0. The predicted octanol–water partition coefficient (Wildman–Crippen LogP) is 9.18. The third kappa shape index (κ3) is 24.4. The zero-order valence-corrected chi connectivity index (χ0v) is 31.3. The second kappa shape index (κ2) is 27.5. The van der Waals surface area contributed by atoms with E-state index in [0.29, 0.717) is 38.8 Å². The van der Waals surface area contributed by atoms with E-state index in [-0.39, 0.29) is 19.3 Å². The lowest BCUT2D eigenvalue weighted by molar-refractivity contribution is -0.223. The molecule has 0 saturated heterocycles. The molecule has 0 spiro atoms. The number of alkyl carbamates (subject to hydrolysis) is 1. The van der Waals surface area contributed by atoms with Gasteiger partial charge in [-0.3, -0.25) is 4.79 Å². The van der Waals surface area contributed by atoms with Crippen molar-refractivity contribution in [3.05, 3.63) is 35.9 Å². The minimum atomic E-state index is -1.22. The first-order chi connectivity index (χ1) is 22.7. The number of methoxy groups -OCH3 is 1. The maximum atomic E-state index is 13.1. The minimum Gasteiger partial charge on any atom is -0.467 e. The van der Waals surface area contributed by atoms with Crippen molar-refractivity contribution in [1.82, 2.24) is 10.4 Å². The molecule has 0 aliphatic heterocycles. The Balaban J connectivity index is 2.43. The van der Waals surface area contributed by atoms with Crippen LogP contribution in [-0.2, 0) is 35.2 Å². The Kier molecular flexibility index (Phi) is 24.9. The summed E-state index contributed by atoms with van der Waals surface area (Å²) in [6.45, 7) is 10.3. The molecule has 9 nitrogen and oxygen atoms in total. The maximum absolute atomic E-state index is 13.1. The SMILES string of the molecule is CCCCCCCCCCCCCCCC(=O)N(CCCC[C@H](NC(=O)OCc1ccccc1)C(=O)OC)OCOCC[Si](C)(C)C. The van der Waals surface area contributed by atoms with Crippen LogP contribution in [-0.4, -0.2) is 64.2 Å². The highest BCUT2D eigenvalue weighted by Crippen LogP contribution is 2.15. The second-order valence-corrected chi connectivity index (χ2v) is 19.4. The number of hydroxylamine groups is 2. The number of amides is 2. The van der Waals surface area contributed by atoms with Crippen molar-refractivity contribution in [3.8, 4) is 0 Å². The van der Waals surface area contributed by atoms with Crippen molar-refractivity contribution in [2.24, 2.45) is 0 Å². The number of ether oxygens (including phenoxy) is 3. The molecule has 0 aromatic heterocycles. The third-order valence-electron chi connectivity index (χ3n) is 8.16. The summed E-state index contributed by atoms with van der Waals surface area (Å²) in [5.41, 5.74) is 0.852. The molecule has 1 rings (SSSR count). The highest BCUT2D eigenvalue weighted by atomic mass is 28.3. The molecule has 0 bridgehead atoms. The molecule has 0 saturated carbocycles. The molecule has 0 unspecified atom stereocenters. The zero-order valence-electron chi connectivity index (χ0n) is 30.3. The first-order valence-corrected chi connectivity index (χ1v) is 21.9. The molecule has 47 heavy (non-hydrogen) atoms. The van der Waals surface area contributed by atoms with Gasteiger partial charge in [-0.05, 0) is 37.3 Å². The number of rotatable bonds is 29. The molecule has 0 heterocycles. The molecule has 0 aliphatic carbocycles. The van der Waals surface area contributed by atoms with Crippen LogP contribution in [0.25, 0.3) is 0 Å². The number of hydrogen-bond donors (Lipinski definition) is 1. The summed E-state index contributed by atoms with van der Waals surface area (Å²) in [5, 5.41) is 4.03. The second-order valence-electron chi connectivity index (χ2n) is 13.7. The van der Waals surface area contributed by atoms with Crippen LogP contribution >= 0.6 is 0 Å². The van der Waals surface area contributed by atoms with E-state index in [0.717, 1.165) is 30.9 Å². The van der Waals surface area contributed by atoms with E-state index in [1.807, 2.05) is 30.3 Å². The molecule has 0 fully saturated rings. The standard InChI is InChI=1S/C37H66N2O7Si/c1-6-7-8-9-10-11-12-13-14-15-16-17-21-27-35(40)39(46-32-44-29-30-47(3,4)5)28-23-22-26-34(36(41)43-2)38-37(42)45-31-33-24-19-18-20-25-33/h18-20,24-25,34H,6-17,21-23,26-32H2,1-5H3,(H,38,42)/t34-/m0/s1. The molecule has 2 amide bonds. The van der Waals surface area contributed by atoms with E-state index in [9.17, 15) is 14.4 Å². The van der Waals surface area contributed by atoms with Gasteiger partial charge in [-0.2, -0.15) is 0 Å².